The average molecular weight is 906 g/mol. The SMILES string of the molecule is CCOC(=O)c1cncc(-c2cnc(Nc3ccc(F)c(Cl)c3)nc2-n2nc(C)cc2C)c1.Cc1cc(C)n(-c2nc(Nc3ccc(F)c(Cl)c3)ncc2-c2cncc(C(=O)O)c2)n1. The number of halogens is 4. The van der Waals surface area contributed by atoms with Crippen molar-refractivity contribution in [2.24, 2.45) is 0 Å². The maximum Gasteiger partial charge on any atom is 0.339 e. The van der Waals surface area contributed by atoms with E-state index in [-0.39, 0.29) is 34.1 Å². The van der Waals surface area contributed by atoms with Crippen LogP contribution in [0, 0.1) is 39.3 Å². The van der Waals surface area contributed by atoms with Gasteiger partial charge in [-0.2, -0.15) is 20.2 Å². The number of aromatic carboxylic acids is 1. The molecule has 6 aromatic heterocycles. The third kappa shape index (κ3) is 10.1. The fourth-order valence-electron chi connectivity index (χ4n) is 6.31. The molecule has 0 aliphatic heterocycles. The number of carboxylic acids is 1. The van der Waals surface area contributed by atoms with Crippen LogP contribution in [0.4, 0.5) is 32.1 Å². The normalized spacial score (nSPS) is 10.8. The van der Waals surface area contributed by atoms with Crippen molar-refractivity contribution in [3.05, 3.63) is 153 Å². The van der Waals surface area contributed by atoms with Gasteiger partial charge in [0.05, 0.1) is 39.2 Å². The van der Waals surface area contributed by atoms with Crippen LogP contribution in [0.25, 0.3) is 33.9 Å². The maximum absolute atomic E-state index is 13.5. The molecule has 0 spiro atoms. The molecule has 0 aliphatic carbocycles. The van der Waals surface area contributed by atoms with Crippen molar-refractivity contribution in [1.82, 2.24) is 49.5 Å². The second-order valence-electron chi connectivity index (χ2n) is 14.0. The first-order valence-electron chi connectivity index (χ1n) is 19.2. The summed E-state index contributed by atoms with van der Waals surface area (Å²) in [6, 6.07) is 15.4. The van der Waals surface area contributed by atoms with E-state index in [9.17, 15) is 23.5 Å². The maximum atomic E-state index is 13.5. The number of carboxylic acid groups (broad SMARTS) is 1. The molecule has 0 atom stereocenters. The van der Waals surface area contributed by atoms with E-state index >= 15 is 0 Å². The number of pyridine rings is 2. The van der Waals surface area contributed by atoms with Gasteiger partial charge in [0.25, 0.3) is 0 Å². The zero-order valence-corrected chi connectivity index (χ0v) is 36.1. The van der Waals surface area contributed by atoms with Crippen LogP contribution in [0.15, 0.2) is 97.8 Å². The van der Waals surface area contributed by atoms with Gasteiger partial charge in [0.2, 0.25) is 11.9 Å². The molecule has 2 aromatic carbocycles. The van der Waals surface area contributed by atoms with Crippen LogP contribution >= 0.6 is 23.2 Å². The number of carbonyl (C=O) groups excluding carboxylic acids is 1. The number of rotatable bonds is 11. The number of ether oxygens (including phenoxy) is 1. The van der Waals surface area contributed by atoms with E-state index in [0.717, 1.165) is 22.8 Å². The number of nitrogens with one attached hydrogen (secondary N) is 2. The van der Waals surface area contributed by atoms with E-state index in [4.69, 9.17) is 27.9 Å². The summed E-state index contributed by atoms with van der Waals surface area (Å²) in [6.07, 6.45) is 9.02. The van der Waals surface area contributed by atoms with E-state index in [2.05, 4.69) is 50.7 Å². The van der Waals surface area contributed by atoms with E-state index in [1.807, 2.05) is 39.8 Å². The first-order chi connectivity index (χ1) is 30.7. The Labute approximate surface area is 374 Å². The summed E-state index contributed by atoms with van der Waals surface area (Å²) in [5, 5.41) is 24.3. The molecule has 8 rings (SSSR count). The standard InChI is InChI=1S/C23H20ClFN6O2.C21H16ClFN6O2/c1-4-33-22(32)16-8-15(10-26-11-16)18-12-27-23(28-17-5-6-20(25)19(24)9-17)29-21(18)31-14(3)7-13(2)30-31;1-11-5-12(2)29(28-11)19-16(13-6-14(20(30)31)9-24-8-13)10-25-21(27-19)26-15-3-4-18(23)17(22)7-15/h5-12H,4H2,1-3H3,(H,27,28,29);3-10H,1-2H3,(H,30,31)(H,25,26,27). The Kier molecular flexibility index (Phi) is 13.3. The molecule has 0 unspecified atom stereocenters. The van der Waals surface area contributed by atoms with Gasteiger partial charge in [0.15, 0.2) is 11.6 Å². The fourth-order valence-corrected chi connectivity index (χ4v) is 6.67. The lowest BCUT2D eigenvalue weighted by Gasteiger charge is -2.13. The van der Waals surface area contributed by atoms with E-state index in [1.54, 1.807) is 40.9 Å². The molecule has 6 heterocycles. The van der Waals surface area contributed by atoms with E-state index < -0.39 is 23.6 Å². The molecule has 0 bridgehead atoms. The van der Waals surface area contributed by atoms with Gasteiger partial charge in [-0.1, -0.05) is 23.2 Å². The van der Waals surface area contributed by atoms with Gasteiger partial charge in [-0.3, -0.25) is 9.97 Å². The van der Waals surface area contributed by atoms with Crippen LogP contribution < -0.4 is 10.6 Å². The predicted octanol–water partition coefficient (Wildman–Crippen LogP) is 9.63. The smallest absolute Gasteiger partial charge is 0.339 e. The summed E-state index contributed by atoms with van der Waals surface area (Å²) >= 11 is 11.7. The zero-order chi connectivity index (χ0) is 45.7. The number of carbonyl (C=O) groups is 2. The zero-order valence-electron chi connectivity index (χ0n) is 34.6. The highest BCUT2D eigenvalue weighted by atomic mass is 35.5. The van der Waals surface area contributed by atoms with Crippen molar-refractivity contribution in [1.29, 1.82) is 0 Å². The lowest BCUT2D eigenvalue weighted by Crippen LogP contribution is -2.09. The van der Waals surface area contributed by atoms with Crippen LogP contribution in [0.5, 0.6) is 0 Å². The Bertz CT molecular complexity index is 3050. The molecular formula is C44H36Cl2F2N12O4. The number of aromatic nitrogens is 10. The molecular weight excluding hydrogens is 869 g/mol. The Morgan fingerprint density at radius 1 is 0.656 bits per heavy atom. The number of aryl methyl sites for hydroxylation is 4. The molecule has 0 amide bonds. The van der Waals surface area contributed by atoms with E-state index in [0.29, 0.717) is 50.8 Å². The van der Waals surface area contributed by atoms with E-state index in [1.165, 1.54) is 61.1 Å². The highest BCUT2D eigenvalue weighted by Gasteiger charge is 2.19. The van der Waals surface area contributed by atoms with Gasteiger partial charge >= 0.3 is 11.9 Å². The fraction of sp³-hybridized carbons (Fsp3) is 0.136. The van der Waals surface area contributed by atoms with Gasteiger partial charge in [0.1, 0.15) is 11.6 Å². The van der Waals surface area contributed by atoms with Crippen LogP contribution in [0.2, 0.25) is 10.0 Å². The van der Waals surface area contributed by atoms with Gasteiger partial charge in [0, 0.05) is 82.2 Å². The molecule has 0 saturated carbocycles. The lowest BCUT2D eigenvalue weighted by molar-refractivity contribution is 0.0525. The minimum atomic E-state index is -1.09. The van der Waals surface area contributed by atoms with Crippen molar-refractivity contribution in [3.8, 4) is 33.9 Å². The number of anilines is 4. The molecule has 0 radical (unpaired) electrons. The molecule has 0 aliphatic rings. The molecule has 0 fully saturated rings. The molecule has 64 heavy (non-hydrogen) atoms. The Balaban J connectivity index is 0.000000192. The first-order valence-corrected chi connectivity index (χ1v) is 20.0. The summed E-state index contributed by atoms with van der Waals surface area (Å²) in [7, 11) is 0. The van der Waals surface area contributed by atoms with Crippen LogP contribution in [-0.4, -0.2) is 73.1 Å². The molecule has 3 N–H and O–H groups in total. The summed E-state index contributed by atoms with van der Waals surface area (Å²) in [6.45, 7) is 9.53. The Hall–Kier alpha value is -7.70. The number of hydrogen-bond donors (Lipinski definition) is 3. The largest absolute Gasteiger partial charge is 0.478 e. The summed E-state index contributed by atoms with van der Waals surface area (Å²) in [5.74, 6) is -1.20. The minimum Gasteiger partial charge on any atom is -0.478 e. The second kappa shape index (κ2) is 19.1. The summed E-state index contributed by atoms with van der Waals surface area (Å²) < 4.78 is 35.4. The van der Waals surface area contributed by atoms with Crippen molar-refractivity contribution in [2.45, 2.75) is 34.6 Å². The third-order valence-electron chi connectivity index (χ3n) is 9.17. The second-order valence-corrected chi connectivity index (χ2v) is 14.8. The Morgan fingerprint density at radius 3 is 1.52 bits per heavy atom. The van der Waals surface area contributed by atoms with Gasteiger partial charge in [-0.05, 0) is 95.3 Å². The van der Waals surface area contributed by atoms with Crippen LogP contribution in [0.1, 0.15) is 50.4 Å². The average Bonchev–Trinajstić information content (AvgIpc) is 3.81. The third-order valence-corrected chi connectivity index (χ3v) is 9.75. The highest BCUT2D eigenvalue weighted by molar-refractivity contribution is 6.31. The van der Waals surface area contributed by atoms with Gasteiger partial charge < -0.3 is 20.5 Å². The quantitative estimate of drug-likeness (QED) is 0.104. The Morgan fingerprint density at radius 2 is 1.11 bits per heavy atom. The molecule has 8 aromatic rings. The summed E-state index contributed by atoms with van der Waals surface area (Å²) in [5.41, 5.74) is 7.00. The topological polar surface area (TPSA) is 201 Å². The first kappa shape index (κ1) is 44.4. The molecule has 324 valence electrons. The van der Waals surface area contributed by atoms with Gasteiger partial charge in [-0.15, -0.1) is 0 Å². The van der Waals surface area contributed by atoms with Crippen LogP contribution in [-0.2, 0) is 4.74 Å². The predicted molar refractivity (Wildman–Crippen MR) is 236 cm³/mol. The highest BCUT2D eigenvalue weighted by Crippen LogP contribution is 2.31. The van der Waals surface area contributed by atoms with Crippen molar-refractivity contribution in [3.63, 3.8) is 0 Å². The number of nitrogens with zero attached hydrogens (tertiary/aromatic N) is 10. The lowest BCUT2D eigenvalue weighted by atomic mass is 10.1. The monoisotopic (exact) mass is 904 g/mol. The molecule has 0 saturated heterocycles. The minimum absolute atomic E-state index is 0.0164. The summed E-state index contributed by atoms with van der Waals surface area (Å²) in [4.78, 5) is 49.7. The molecule has 20 heteroatoms. The van der Waals surface area contributed by atoms with Crippen molar-refractivity contribution >= 4 is 58.4 Å². The van der Waals surface area contributed by atoms with Gasteiger partial charge in [-0.25, -0.2) is 37.7 Å². The van der Waals surface area contributed by atoms with Crippen LogP contribution in [0.3, 0.4) is 0 Å². The number of hydrogen-bond acceptors (Lipinski definition) is 13. The van der Waals surface area contributed by atoms with Crippen molar-refractivity contribution < 1.29 is 28.2 Å². The number of benzene rings is 2. The van der Waals surface area contributed by atoms with Crippen molar-refractivity contribution in [2.75, 3.05) is 17.2 Å². The number of esters is 1. The molecule has 16 nitrogen and oxygen atoms in total.